The number of hydrogen-bond donors (Lipinski definition) is 0. The van der Waals surface area contributed by atoms with Crippen LogP contribution in [0.25, 0.3) is 0 Å². The number of halogens is 1. The van der Waals surface area contributed by atoms with Crippen LogP contribution in [0.5, 0.6) is 0 Å². The Morgan fingerprint density at radius 3 is 2.26 bits per heavy atom. The molecule has 1 heterocycles. The van der Waals surface area contributed by atoms with Gasteiger partial charge in [0.15, 0.2) is 0 Å². The number of piperidine rings is 1. The summed E-state index contributed by atoms with van der Waals surface area (Å²) in [4.78, 5) is 15.3. The van der Waals surface area contributed by atoms with Crippen molar-refractivity contribution in [2.24, 2.45) is 5.92 Å². The molecule has 3 aromatic rings. The molecule has 3 aromatic carbocycles. The quantitative estimate of drug-likeness (QED) is 0.413. The zero-order valence-corrected chi connectivity index (χ0v) is 21.7. The standard InChI is InChI=1S/C28H31ClN2O3S/c1-21-8-12-26(13-9-21)35(33,34)31(25-11-10-22(2)27(29)19-25)20-28(32)30-16-14-24(15-17-30)18-23-6-4-3-5-7-23/h3-13,19,24H,14-18,20H2,1-2H3. The van der Waals surface area contributed by atoms with Crippen LogP contribution in [0.1, 0.15) is 29.5 Å². The minimum absolute atomic E-state index is 0.147. The number of nitrogens with zero attached hydrogens (tertiary/aromatic N) is 2. The largest absolute Gasteiger partial charge is 0.341 e. The van der Waals surface area contributed by atoms with Crippen LogP contribution in [0.3, 0.4) is 0 Å². The Hall–Kier alpha value is -2.83. The molecule has 4 rings (SSSR count). The van der Waals surface area contributed by atoms with E-state index in [0.29, 0.717) is 29.7 Å². The molecule has 184 valence electrons. The maximum absolute atomic E-state index is 13.6. The van der Waals surface area contributed by atoms with E-state index in [4.69, 9.17) is 11.6 Å². The molecule has 0 N–H and O–H groups in total. The average molecular weight is 511 g/mol. The van der Waals surface area contributed by atoms with Crippen molar-refractivity contribution in [3.05, 3.63) is 94.5 Å². The van der Waals surface area contributed by atoms with Gasteiger partial charge in [-0.15, -0.1) is 0 Å². The number of carbonyl (C=O) groups excluding carboxylic acids is 1. The first-order valence-corrected chi connectivity index (χ1v) is 13.7. The highest BCUT2D eigenvalue weighted by molar-refractivity contribution is 7.92. The zero-order chi connectivity index (χ0) is 25.0. The van der Waals surface area contributed by atoms with Gasteiger partial charge in [0, 0.05) is 18.1 Å². The Morgan fingerprint density at radius 1 is 0.971 bits per heavy atom. The molecule has 0 atom stereocenters. The third-order valence-electron chi connectivity index (χ3n) is 6.67. The minimum atomic E-state index is -3.96. The molecule has 7 heteroatoms. The number of carbonyl (C=O) groups is 1. The minimum Gasteiger partial charge on any atom is -0.341 e. The van der Waals surface area contributed by atoms with Crippen LogP contribution >= 0.6 is 11.6 Å². The fraction of sp³-hybridized carbons (Fsp3) is 0.321. The van der Waals surface area contributed by atoms with E-state index in [9.17, 15) is 13.2 Å². The smallest absolute Gasteiger partial charge is 0.264 e. The molecule has 1 fully saturated rings. The first-order valence-electron chi connectivity index (χ1n) is 11.9. The molecule has 0 radical (unpaired) electrons. The second-order valence-electron chi connectivity index (χ2n) is 9.27. The van der Waals surface area contributed by atoms with Crippen LogP contribution < -0.4 is 4.31 Å². The van der Waals surface area contributed by atoms with E-state index < -0.39 is 10.0 Å². The predicted octanol–water partition coefficient (Wildman–Crippen LogP) is 5.63. The lowest BCUT2D eigenvalue weighted by atomic mass is 9.90. The molecule has 1 saturated heterocycles. The first-order chi connectivity index (χ1) is 16.7. The highest BCUT2D eigenvalue weighted by Crippen LogP contribution is 2.29. The monoisotopic (exact) mass is 510 g/mol. The van der Waals surface area contributed by atoms with Crippen molar-refractivity contribution in [3.63, 3.8) is 0 Å². The summed E-state index contributed by atoms with van der Waals surface area (Å²) >= 11 is 6.33. The zero-order valence-electron chi connectivity index (χ0n) is 20.2. The van der Waals surface area contributed by atoms with Crippen LogP contribution in [0.15, 0.2) is 77.7 Å². The van der Waals surface area contributed by atoms with Crippen molar-refractivity contribution < 1.29 is 13.2 Å². The molecular weight excluding hydrogens is 480 g/mol. The molecule has 0 aliphatic carbocycles. The first kappa shape index (κ1) is 25.3. The number of aryl methyl sites for hydroxylation is 2. The Kier molecular flexibility index (Phi) is 7.82. The third-order valence-corrected chi connectivity index (χ3v) is 8.86. The Balaban J connectivity index is 1.51. The van der Waals surface area contributed by atoms with Gasteiger partial charge >= 0.3 is 0 Å². The van der Waals surface area contributed by atoms with Crippen LogP contribution in [-0.4, -0.2) is 38.9 Å². The van der Waals surface area contributed by atoms with Gasteiger partial charge in [0.05, 0.1) is 10.6 Å². The number of benzene rings is 3. The summed E-state index contributed by atoms with van der Waals surface area (Å²) in [6.07, 6.45) is 2.81. The molecule has 0 unspecified atom stereocenters. The molecule has 35 heavy (non-hydrogen) atoms. The Bertz CT molecular complexity index is 1270. The van der Waals surface area contributed by atoms with Gasteiger partial charge in [0.25, 0.3) is 10.0 Å². The van der Waals surface area contributed by atoms with Crippen molar-refractivity contribution in [2.45, 2.75) is 38.0 Å². The molecule has 5 nitrogen and oxygen atoms in total. The summed E-state index contributed by atoms with van der Waals surface area (Å²) in [5.41, 5.74) is 3.50. The van der Waals surface area contributed by atoms with Crippen LogP contribution in [0, 0.1) is 19.8 Å². The van der Waals surface area contributed by atoms with Crippen LogP contribution in [0.2, 0.25) is 5.02 Å². The van der Waals surface area contributed by atoms with Gasteiger partial charge in [0.2, 0.25) is 5.91 Å². The number of likely N-dealkylation sites (tertiary alicyclic amines) is 1. The SMILES string of the molecule is Cc1ccc(S(=O)(=O)N(CC(=O)N2CCC(Cc3ccccc3)CC2)c2ccc(C)c(Cl)c2)cc1. The van der Waals surface area contributed by atoms with Gasteiger partial charge in [-0.1, -0.05) is 65.7 Å². The lowest BCUT2D eigenvalue weighted by Gasteiger charge is -2.34. The fourth-order valence-electron chi connectivity index (χ4n) is 4.45. The van der Waals surface area contributed by atoms with E-state index in [1.54, 1.807) is 47.4 Å². The molecule has 0 saturated carbocycles. The second-order valence-corrected chi connectivity index (χ2v) is 11.5. The van der Waals surface area contributed by atoms with Gasteiger partial charge in [-0.25, -0.2) is 8.42 Å². The Morgan fingerprint density at radius 2 is 1.63 bits per heavy atom. The molecule has 1 aliphatic rings. The number of amides is 1. The molecule has 0 bridgehead atoms. The van der Waals surface area contributed by atoms with E-state index >= 15 is 0 Å². The third kappa shape index (κ3) is 6.06. The fourth-order valence-corrected chi connectivity index (χ4v) is 6.03. The molecule has 0 spiro atoms. The lowest BCUT2D eigenvalue weighted by molar-refractivity contribution is -0.130. The number of rotatable bonds is 7. The summed E-state index contributed by atoms with van der Waals surface area (Å²) in [6.45, 7) is 4.75. The van der Waals surface area contributed by atoms with E-state index in [0.717, 1.165) is 30.4 Å². The van der Waals surface area contributed by atoms with E-state index in [1.165, 1.54) is 9.87 Å². The average Bonchev–Trinajstić information content (AvgIpc) is 2.85. The second kappa shape index (κ2) is 10.8. The highest BCUT2D eigenvalue weighted by Gasteiger charge is 2.31. The summed E-state index contributed by atoms with van der Waals surface area (Å²) in [5.74, 6) is 0.320. The highest BCUT2D eigenvalue weighted by atomic mass is 35.5. The van der Waals surface area contributed by atoms with Gasteiger partial charge in [0.1, 0.15) is 6.54 Å². The van der Waals surface area contributed by atoms with Crippen molar-refractivity contribution in [1.29, 1.82) is 0 Å². The van der Waals surface area contributed by atoms with Gasteiger partial charge in [-0.05, 0) is 74.4 Å². The molecular formula is C28H31ClN2O3S. The maximum atomic E-state index is 13.6. The molecule has 1 aliphatic heterocycles. The van der Waals surface area contributed by atoms with Crippen molar-refractivity contribution in [3.8, 4) is 0 Å². The van der Waals surface area contributed by atoms with Crippen molar-refractivity contribution in [1.82, 2.24) is 4.90 Å². The summed E-state index contributed by atoms with van der Waals surface area (Å²) in [7, 11) is -3.96. The van der Waals surface area contributed by atoms with E-state index in [2.05, 4.69) is 12.1 Å². The summed E-state index contributed by atoms with van der Waals surface area (Å²) in [6, 6.07) is 22.1. The molecule has 0 aromatic heterocycles. The van der Waals surface area contributed by atoms with Crippen LogP contribution in [0.4, 0.5) is 5.69 Å². The van der Waals surface area contributed by atoms with Gasteiger partial charge in [-0.2, -0.15) is 0 Å². The lowest BCUT2D eigenvalue weighted by Crippen LogP contribution is -2.46. The number of sulfonamides is 1. The van der Waals surface area contributed by atoms with E-state index in [1.807, 2.05) is 32.0 Å². The number of hydrogen-bond acceptors (Lipinski definition) is 3. The van der Waals surface area contributed by atoms with Crippen molar-refractivity contribution in [2.75, 3.05) is 23.9 Å². The molecule has 1 amide bonds. The summed E-state index contributed by atoms with van der Waals surface area (Å²) in [5, 5.41) is 0.459. The predicted molar refractivity (Wildman–Crippen MR) is 141 cm³/mol. The summed E-state index contributed by atoms with van der Waals surface area (Å²) < 4.78 is 28.4. The van der Waals surface area contributed by atoms with Crippen LogP contribution in [-0.2, 0) is 21.2 Å². The van der Waals surface area contributed by atoms with Gasteiger partial charge < -0.3 is 4.90 Å². The van der Waals surface area contributed by atoms with Crippen molar-refractivity contribution >= 4 is 33.2 Å². The topological polar surface area (TPSA) is 57.7 Å². The van der Waals surface area contributed by atoms with E-state index in [-0.39, 0.29) is 17.3 Å². The normalized spacial score (nSPS) is 14.7. The number of anilines is 1. The Labute approximate surface area is 213 Å². The van der Waals surface area contributed by atoms with Gasteiger partial charge in [-0.3, -0.25) is 9.10 Å². The maximum Gasteiger partial charge on any atom is 0.264 e.